The van der Waals surface area contributed by atoms with Crippen molar-refractivity contribution in [3.05, 3.63) is 47.0 Å². The summed E-state index contributed by atoms with van der Waals surface area (Å²) in [7, 11) is 0. The number of hydrogen-bond acceptors (Lipinski definition) is 6. The van der Waals surface area contributed by atoms with Gasteiger partial charge in [-0.3, -0.25) is 9.69 Å². The summed E-state index contributed by atoms with van der Waals surface area (Å²) in [5, 5.41) is 11.0. The van der Waals surface area contributed by atoms with Gasteiger partial charge in [0.15, 0.2) is 5.78 Å². The van der Waals surface area contributed by atoms with Crippen molar-refractivity contribution < 1.29 is 24.2 Å². The molecule has 172 valence electrons. The minimum absolute atomic E-state index is 0.0315. The molecule has 6 nitrogen and oxygen atoms in total. The molecule has 0 amide bonds. The number of nitrogens with zero attached hydrogens (tertiary/aromatic N) is 1. The minimum Gasteiger partial charge on any atom is -0.461 e. The second kappa shape index (κ2) is 13.6. The Balaban J connectivity index is 1.75. The average Bonchev–Trinajstić information content (AvgIpc) is 2.69. The van der Waals surface area contributed by atoms with Crippen LogP contribution in [0.3, 0.4) is 0 Å². The number of halogens is 1. The van der Waals surface area contributed by atoms with Crippen molar-refractivity contribution in [2.75, 3.05) is 26.3 Å². The summed E-state index contributed by atoms with van der Waals surface area (Å²) in [6.07, 6.45) is 6.27. The third-order valence-corrected chi connectivity index (χ3v) is 5.25. The van der Waals surface area contributed by atoms with Crippen molar-refractivity contribution in [3.63, 3.8) is 0 Å². The van der Waals surface area contributed by atoms with Gasteiger partial charge < -0.3 is 14.6 Å². The Kier molecular flexibility index (Phi) is 11.2. The summed E-state index contributed by atoms with van der Waals surface area (Å²) in [5.41, 5.74) is 0.953. The van der Waals surface area contributed by atoms with Crippen LogP contribution in [0, 0.1) is 0 Å². The number of Topliss-reactive ketones (excluding diaryl/α,β-unsaturated/α-hetero) is 1. The molecule has 0 aliphatic carbocycles. The van der Waals surface area contributed by atoms with E-state index in [9.17, 15) is 14.7 Å². The number of ketones is 1. The van der Waals surface area contributed by atoms with Crippen LogP contribution in [-0.2, 0) is 25.5 Å². The molecule has 0 saturated carbocycles. The molecule has 0 spiro atoms. The standard InChI is InChI=1S/C24H34ClNO5/c1-18(2)31-24(29)17-30-14-4-3-12-26-13-6-9-23(28)22(26)11-10-21(27)16-19-7-5-8-20(25)15-19/h5,7-8,10-11,15,18,21-22,27H,3-4,6,9,12-14,16-17H2,1-2H3/b11-10+/t21-,22?/m0/s1. The number of carbonyl (C=O) groups excluding carboxylic acids is 2. The fourth-order valence-electron chi connectivity index (χ4n) is 3.61. The number of unbranched alkanes of at least 4 members (excludes halogenated alkanes) is 1. The molecule has 1 fully saturated rings. The van der Waals surface area contributed by atoms with Gasteiger partial charge in [-0.25, -0.2) is 4.79 Å². The van der Waals surface area contributed by atoms with E-state index in [0.717, 1.165) is 37.9 Å². The third kappa shape index (κ3) is 9.95. The van der Waals surface area contributed by atoms with E-state index in [1.165, 1.54) is 0 Å². The van der Waals surface area contributed by atoms with Crippen LogP contribution >= 0.6 is 11.6 Å². The fourth-order valence-corrected chi connectivity index (χ4v) is 3.82. The molecule has 1 unspecified atom stereocenters. The fraction of sp³-hybridized carbons (Fsp3) is 0.583. The Morgan fingerprint density at radius 1 is 1.35 bits per heavy atom. The minimum atomic E-state index is -0.672. The van der Waals surface area contributed by atoms with Crippen LogP contribution in [0.15, 0.2) is 36.4 Å². The molecule has 0 radical (unpaired) electrons. The summed E-state index contributed by atoms with van der Waals surface area (Å²) in [6, 6.07) is 7.11. The third-order valence-electron chi connectivity index (χ3n) is 5.01. The maximum Gasteiger partial charge on any atom is 0.332 e. The quantitative estimate of drug-likeness (QED) is 0.297. The molecule has 1 aliphatic heterocycles. The number of carbonyl (C=O) groups is 2. The Morgan fingerprint density at radius 2 is 2.16 bits per heavy atom. The van der Waals surface area contributed by atoms with Gasteiger partial charge in [-0.15, -0.1) is 0 Å². The number of likely N-dealkylation sites (tertiary alicyclic amines) is 1. The van der Waals surface area contributed by atoms with Crippen molar-refractivity contribution in [2.45, 2.75) is 64.2 Å². The highest BCUT2D eigenvalue weighted by Crippen LogP contribution is 2.17. The Morgan fingerprint density at radius 3 is 2.90 bits per heavy atom. The van der Waals surface area contributed by atoms with E-state index in [-0.39, 0.29) is 30.5 Å². The highest BCUT2D eigenvalue weighted by atomic mass is 35.5. The van der Waals surface area contributed by atoms with Crippen LogP contribution in [0.4, 0.5) is 0 Å². The maximum atomic E-state index is 12.5. The van der Waals surface area contributed by atoms with E-state index < -0.39 is 6.10 Å². The molecule has 2 atom stereocenters. The molecule has 2 rings (SSSR count). The van der Waals surface area contributed by atoms with Crippen LogP contribution in [0.5, 0.6) is 0 Å². The van der Waals surface area contributed by atoms with E-state index in [1.54, 1.807) is 26.0 Å². The molecule has 1 N–H and O–H groups in total. The summed E-state index contributed by atoms with van der Waals surface area (Å²) >= 11 is 6.00. The van der Waals surface area contributed by atoms with Crippen LogP contribution < -0.4 is 0 Å². The zero-order chi connectivity index (χ0) is 22.6. The molecule has 1 aromatic carbocycles. The molecular weight excluding hydrogens is 418 g/mol. The highest BCUT2D eigenvalue weighted by molar-refractivity contribution is 6.30. The molecule has 1 heterocycles. The van der Waals surface area contributed by atoms with E-state index in [2.05, 4.69) is 4.90 Å². The lowest BCUT2D eigenvalue weighted by molar-refractivity contribution is -0.152. The molecule has 7 heteroatoms. The highest BCUT2D eigenvalue weighted by Gasteiger charge is 2.27. The molecule has 1 aliphatic rings. The van der Waals surface area contributed by atoms with Gasteiger partial charge in [0.2, 0.25) is 0 Å². The average molecular weight is 452 g/mol. The topological polar surface area (TPSA) is 76.1 Å². The lowest BCUT2D eigenvalue weighted by atomic mass is 9.98. The SMILES string of the molecule is CC(C)OC(=O)COCCCCN1CCCC(=O)C1/C=C/[C@H](O)Cc1cccc(Cl)c1. The normalized spacial score (nSPS) is 18.6. The van der Waals surface area contributed by atoms with Crippen LogP contribution in [0.25, 0.3) is 0 Å². The largest absolute Gasteiger partial charge is 0.461 e. The zero-order valence-electron chi connectivity index (χ0n) is 18.5. The Labute approximate surface area is 190 Å². The van der Waals surface area contributed by atoms with E-state index in [1.807, 2.05) is 24.3 Å². The first-order valence-corrected chi connectivity index (χ1v) is 11.4. The Bertz CT molecular complexity index is 736. The molecular formula is C24H34ClNO5. The second-order valence-electron chi connectivity index (χ2n) is 8.14. The zero-order valence-corrected chi connectivity index (χ0v) is 19.2. The first-order valence-electron chi connectivity index (χ1n) is 11.0. The van der Waals surface area contributed by atoms with E-state index in [4.69, 9.17) is 21.1 Å². The first kappa shape index (κ1) is 25.5. The number of piperidine rings is 1. The summed E-state index contributed by atoms with van der Waals surface area (Å²) in [4.78, 5) is 26.0. The van der Waals surface area contributed by atoms with Gasteiger partial charge >= 0.3 is 5.97 Å². The predicted octanol–water partition coefficient (Wildman–Crippen LogP) is 3.58. The van der Waals surface area contributed by atoms with Crippen molar-refractivity contribution in [1.29, 1.82) is 0 Å². The second-order valence-corrected chi connectivity index (χ2v) is 8.57. The molecule has 0 bridgehead atoms. The van der Waals surface area contributed by atoms with Gasteiger partial charge in [0.05, 0.1) is 18.2 Å². The number of esters is 1. The van der Waals surface area contributed by atoms with Crippen LogP contribution in [0.2, 0.25) is 5.02 Å². The maximum absolute atomic E-state index is 12.5. The molecule has 1 saturated heterocycles. The van der Waals surface area contributed by atoms with Crippen molar-refractivity contribution in [1.82, 2.24) is 4.90 Å². The summed E-state index contributed by atoms with van der Waals surface area (Å²) in [6.45, 7) is 5.68. The monoisotopic (exact) mass is 451 g/mol. The van der Waals surface area contributed by atoms with Gasteiger partial charge in [-0.2, -0.15) is 0 Å². The predicted molar refractivity (Wildman–Crippen MR) is 121 cm³/mol. The Hall–Kier alpha value is -1.73. The van der Waals surface area contributed by atoms with Crippen molar-refractivity contribution in [2.24, 2.45) is 0 Å². The lowest BCUT2D eigenvalue weighted by Gasteiger charge is -2.33. The van der Waals surface area contributed by atoms with Gasteiger partial charge in [0, 0.05) is 24.5 Å². The van der Waals surface area contributed by atoms with Gasteiger partial charge in [-0.05, 0) is 63.9 Å². The smallest absolute Gasteiger partial charge is 0.332 e. The molecule has 1 aromatic rings. The van der Waals surface area contributed by atoms with Gasteiger partial charge in [0.1, 0.15) is 6.61 Å². The van der Waals surface area contributed by atoms with Gasteiger partial charge in [0.25, 0.3) is 0 Å². The molecule has 31 heavy (non-hydrogen) atoms. The molecule has 0 aromatic heterocycles. The van der Waals surface area contributed by atoms with E-state index >= 15 is 0 Å². The van der Waals surface area contributed by atoms with Crippen LogP contribution in [-0.4, -0.2) is 66.3 Å². The summed E-state index contributed by atoms with van der Waals surface area (Å²) in [5.74, 6) is -0.164. The van der Waals surface area contributed by atoms with Crippen molar-refractivity contribution in [3.8, 4) is 0 Å². The van der Waals surface area contributed by atoms with Crippen LogP contribution in [0.1, 0.15) is 45.1 Å². The number of ether oxygens (including phenoxy) is 2. The van der Waals surface area contributed by atoms with Crippen molar-refractivity contribution >= 4 is 23.4 Å². The first-order chi connectivity index (χ1) is 14.8. The van der Waals surface area contributed by atoms with Gasteiger partial charge in [-0.1, -0.05) is 35.9 Å². The number of aliphatic hydroxyl groups is 1. The summed E-state index contributed by atoms with van der Waals surface area (Å²) < 4.78 is 10.4. The van der Waals surface area contributed by atoms with E-state index in [0.29, 0.717) is 24.5 Å². The number of rotatable bonds is 12. The lowest BCUT2D eigenvalue weighted by Crippen LogP contribution is -2.45. The number of aliphatic hydroxyl groups excluding tert-OH is 1. The number of hydrogen-bond donors (Lipinski definition) is 1. The number of benzene rings is 1.